The van der Waals surface area contributed by atoms with E-state index in [1.54, 1.807) is 43.5 Å². The van der Waals surface area contributed by atoms with Crippen molar-refractivity contribution in [3.63, 3.8) is 0 Å². The van der Waals surface area contributed by atoms with Crippen molar-refractivity contribution in [2.45, 2.75) is 25.7 Å². The van der Waals surface area contributed by atoms with Gasteiger partial charge in [0.25, 0.3) is 5.91 Å². The van der Waals surface area contributed by atoms with E-state index in [4.69, 9.17) is 23.7 Å². The molecule has 0 aliphatic heterocycles. The van der Waals surface area contributed by atoms with Crippen molar-refractivity contribution >= 4 is 34.4 Å². The zero-order valence-electron chi connectivity index (χ0n) is 20.0. The van der Waals surface area contributed by atoms with E-state index in [1.807, 2.05) is 0 Å². The summed E-state index contributed by atoms with van der Waals surface area (Å²) in [6, 6.07) is 8.50. The molecule has 0 aliphatic rings. The summed E-state index contributed by atoms with van der Waals surface area (Å²) in [6.07, 6.45) is 0.692. The van der Waals surface area contributed by atoms with Crippen LogP contribution in [0, 0.1) is 0 Å². The molecule has 0 spiro atoms. The van der Waals surface area contributed by atoms with Crippen LogP contribution in [-0.2, 0) is 30.9 Å². The van der Waals surface area contributed by atoms with E-state index in [0.29, 0.717) is 39.8 Å². The number of rotatable bonds is 11. The fourth-order valence-electron chi connectivity index (χ4n) is 3.03. The average Bonchev–Trinajstić information content (AvgIpc) is 2.81. The zero-order chi connectivity index (χ0) is 25.3. The summed E-state index contributed by atoms with van der Waals surface area (Å²) in [5, 5.41) is 4.22. The van der Waals surface area contributed by atoms with Gasteiger partial charge in [0.05, 0.1) is 56.2 Å². The number of amides is 1. The van der Waals surface area contributed by atoms with E-state index in [9.17, 15) is 13.8 Å². The molecule has 0 bridgehead atoms. The lowest BCUT2D eigenvalue weighted by Gasteiger charge is -2.15. The van der Waals surface area contributed by atoms with Crippen molar-refractivity contribution in [1.82, 2.24) is 0 Å². The SMILES string of the molecule is COc1cc(OC)c(C=CS(=O)Cc2ccc(OC)c(NC(=O)C(C)OC(C)=O)c2)c(OC)c1. The number of ether oxygens (including phenoxy) is 5. The molecule has 2 aromatic carbocycles. The lowest BCUT2D eigenvalue weighted by molar-refractivity contribution is -0.150. The highest BCUT2D eigenvalue weighted by molar-refractivity contribution is 7.87. The minimum absolute atomic E-state index is 0.184. The van der Waals surface area contributed by atoms with Gasteiger partial charge in [-0.1, -0.05) is 6.07 Å². The Morgan fingerprint density at radius 3 is 2.12 bits per heavy atom. The van der Waals surface area contributed by atoms with Crippen LogP contribution < -0.4 is 24.3 Å². The third-order valence-corrected chi connectivity index (χ3v) is 5.74. The molecule has 2 aromatic rings. The molecule has 2 unspecified atom stereocenters. The number of hydrogen-bond donors (Lipinski definition) is 1. The molecule has 1 amide bonds. The van der Waals surface area contributed by atoms with Crippen LogP contribution in [-0.4, -0.2) is 50.6 Å². The molecule has 10 heteroatoms. The van der Waals surface area contributed by atoms with Gasteiger partial charge in [-0.3, -0.25) is 13.8 Å². The molecule has 0 saturated carbocycles. The number of carbonyl (C=O) groups is 2. The molecule has 0 fully saturated rings. The molecule has 0 saturated heterocycles. The fraction of sp³-hybridized carbons (Fsp3) is 0.333. The maximum Gasteiger partial charge on any atom is 0.303 e. The normalized spacial score (nSPS) is 12.5. The maximum absolute atomic E-state index is 12.8. The van der Waals surface area contributed by atoms with Crippen LogP contribution in [0.15, 0.2) is 35.7 Å². The monoisotopic (exact) mass is 491 g/mol. The third kappa shape index (κ3) is 7.24. The van der Waals surface area contributed by atoms with E-state index < -0.39 is 28.8 Å². The number of benzene rings is 2. The van der Waals surface area contributed by atoms with Gasteiger partial charge >= 0.3 is 5.97 Å². The van der Waals surface area contributed by atoms with Crippen molar-refractivity contribution in [3.8, 4) is 23.0 Å². The Bertz CT molecular complexity index is 1060. The highest BCUT2D eigenvalue weighted by atomic mass is 32.2. The minimum Gasteiger partial charge on any atom is -0.496 e. The molecule has 2 rings (SSSR count). The summed E-state index contributed by atoms with van der Waals surface area (Å²) in [5.41, 5.74) is 1.71. The largest absolute Gasteiger partial charge is 0.496 e. The summed E-state index contributed by atoms with van der Waals surface area (Å²) in [5.74, 6) is 1.13. The predicted molar refractivity (Wildman–Crippen MR) is 130 cm³/mol. The Balaban J connectivity index is 2.21. The molecule has 0 heterocycles. The number of anilines is 1. The number of methoxy groups -OCH3 is 4. The van der Waals surface area contributed by atoms with Gasteiger partial charge in [0.2, 0.25) is 0 Å². The van der Waals surface area contributed by atoms with E-state index in [2.05, 4.69) is 5.32 Å². The Morgan fingerprint density at radius 2 is 1.59 bits per heavy atom. The molecule has 0 aromatic heterocycles. The van der Waals surface area contributed by atoms with Crippen LogP contribution >= 0.6 is 0 Å². The van der Waals surface area contributed by atoms with Gasteiger partial charge in [-0.25, -0.2) is 0 Å². The standard InChI is InChI=1S/C24H29NO8S/c1-15(33-16(2)26)24(27)25-20-11-17(7-8-21(20)30-4)14-34(28)10-9-19-22(31-5)12-18(29-3)13-23(19)32-6/h7-13,15H,14H2,1-6H3,(H,25,27). The first-order chi connectivity index (χ1) is 16.2. The second-order valence-electron chi connectivity index (χ2n) is 7.05. The second kappa shape index (κ2) is 12.6. The van der Waals surface area contributed by atoms with Crippen LogP contribution in [0.25, 0.3) is 6.08 Å². The summed E-state index contributed by atoms with van der Waals surface area (Å²) in [4.78, 5) is 23.4. The lowest BCUT2D eigenvalue weighted by Crippen LogP contribution is -2.29. The molecule has 9 nitrogen and oxygen atoms in total. The Hall–Kier alpha value is -3.53. The van der Waals surface area contributed by atoms with Crippen molar-refractivity contribution in [3.05, 3.63) is 46.9 Å². The number of hydrogen-bond acceptors (Lipinski definition) is 8. The molecule has 0 radical (unpaired) electrons. The first-order valence-electron chi connectivity index (χ1n) is 10.2. The topological polar surface area (TPSA) is 109 Å². The summed E-state index contributed by atoms with van der Waals surface area (Å²) in [6.45, 7) is 2.69. The molecule has 0 aliphatic carbocycles. The molecular formula is C24H29NO8S. The van der Waals surface area contributed by atoms with Crippen molar-refractivity contribution < 1.29 is 37.5 Å². The molecular weight excluding hydrogens is 462 g/mol. The molecule has 2 atom stereocenters. The van der Waals surface area contributed by atoms with Gasteiger partial charge in [-0.15, -0.1) is 0 Å². The highest BCUT2D eigenvalue weighted by Crippen LogP contribution is 2.35. The lowest BCUT2D eigenvalue weighted by atomic mass is 10.1. The maximum atomic E-state index is 12.8. The van der Waals surface area contributed by atoms with Crippen LogP contribution in [0.3, 0.4) is 0 Å². The van der Waals surface area contributed by atoms with Crippen LogP contribution in [0.4, 0.5) is 5.69 Å². The van der Waals surface area contributed by atoms with Gasteiger partial charge in [0, 0.05) is 24.5 Å². The number of carbonyl (C=O) groups excluding carboxylic acids is 2. The number of esters is 1. The second-order valence-corrected chi connectivity index (χ2v) is 8.37. The number of nitrogens with one attached hydrogen (secondary N) is 1. The molecule has 1 N–H and O–H groups in total. The van der Waals surface area contributed by atoms with Crippen molar-refractivity contribution in [1.29, 1.82) is 0 Å². The Kier molecular flexibility index (Phi) is 9.93. The summed E-state index contributed by atoms with van der Waals surface area (Å²) >= 11 is 0. The summed E-state index contributed by atoms with van der Waals surface area (Å²) < 4.78 is 39.0. The van der Waals surface area contributed by atoms with Gasteiger partial charge in [0.15, 0.2) is 6.10 Å². The first-order valence-corrected chi connectivity index (χ1v) is 11.6. The van der Waals surface area contributed by atoms with Gasteiger partial charge in [-0.2, -0.15) is 0 Å². The third-order valence-electron chi connectivity index (χ3n) is 4.68. The van der Waals surface area contributed by atoms with Crippen molar-refractivity contribution in [2.24, 2.45) is 0 Å². The van der Waals surface area contributed by atoms with Crippen LogP contribution in [0.1, 0.15) is 25.0 Å². The average molecular weight is 492 g/mol. The van der Waals surface area contributed by atoms with Gasteiger partial charge in [-0.05, 0) is 30.7 Å². The molecule has 34 heavy (non-hydrogen) atoms. The summed E-state index contributed by atoms with van der Waals surface area (Å²) in [7, 11) is 4.67. The smallest absolute Gasteiger partial charge is 0.303 e. The van der Waals surface area contributed by atoms with Gasteiger partial charge < -0.3 is 29.0 Å². The van der Waals surface area contributed by atoms with Gasteiger partial charge in [0.1, 0.15) is 23.0 Å². The van der Waals surface area contributed by atoms with E-state index in [-0.39, 0.29) is 5.75 Å². The van der Waals surface area contributed by atoms with Crippen molar-refractivity contribution in [2.75, 3.05) is 33.8 Å². The first kappa shape index (κ1) is 26.7. The minimum atomic E-state index is -1.39. The van der Waals surface area contributed by atoms with E-state index in [0.717, 1.165) is 0 Å². The van der Waals surface area contributed by atoms with Crippen LogP contribution in [0.5, 0.6) is 23.0 Å². The van der Waals surface area contributed by atoms with Crippen LogP contribution in [0.2, 0.25) is 0 Å². The Labute approximate surface area is 201 Å². The fourth-order valence-corrected chi connectivity index (χ4v) is 3.92. The highest BCUT2D eigenvalue weighted by Gasteiger charge is 2.18. The van der Waals surface area contributed by atoms with E-state index in [1.165, 1.54) is 40.6 Å². The Morgan fingerprint density at radius 1 is 0.971 bits per heavy atom. The molecule has 184 valence electrons. The quantitative estimate of drug-likeness (QED) is 0.476. The predicted octanol–water partition coefficient (Wildman–Crippen LogP) is 3.53. The zero-order valence-corrected chi connectivity index (χ0v) is 20.8. The van der Waals surface area contributed by atoms with E-state index >= 15 is 0 Å².